The first-order chi connectivity index (χ1) is 19.9. The Morgan fingerprint density at radius 1 is 1.00 bits per heavy atom. The Balaban J connectivity index is 1.33. The van der Waals surface area contributed by atoms with Gasteiger partial charge in [-0.1, -0.05) is 62.2 Å². The van der Waals surface area contributed by atoms with Gasteiger partial charge < -0.3 is 14.4 Å². The number of benzene rings is 2. The summed E-state index contributed by atoms with van der Waals surface area (Å²) in [5.41, 5.74) is 5.12. The van der Waals surface area contributed by atoms with E-state index in [-0.39, 0.29) is 29.4 Å². The zero-order valence-corrected chi connectivity index (χ0v) is 23.2. The van der Waals surface area contributed by atoms with Gasteiger partial charge in [0.05, 0.1) is 29.8 Å². The maximum absolute atomic E-state index is 13.3. The third kappa shape index (κ3) is 4.85. The van der Waals surface area contributed by atoms with Gasteiger partial charge in [-0.05, 0) is 49.4 Å². The average molecular weight is 553 g/mol. The average Bonchev–Trinajstić information content (AvgIpc) is 3.42. The largest absolute Gasteiger partial charge is 0.511 e. The second kappa shape index (κ2) is 10.8. The van der Waals surface area contributed by atoms with Crippen LogP contribution in [0, 0.1) is 18.8 Å². The molecule has 3 heterocycles. The molecule has 1 N–H and O–H groups in total. The molecule has 1 aliphatic heterocycles. The van der Waals surface area contributed by atoms with E-state index in [9.17, 15) is 14.4 Å². The molecule has 0 unspecified atom stereocenters. The summed E-state index contributed by atoms with van der Waals surface area (Å²) in [5.74, 6) is 0.530. The molecular formula is C32H32N4O5. The first-order valence-corrected chi connectivity index (χ1v) is 14.2. The summed E-state index contributed by atoms with van der Waals surface area (Å²) in [6.45, 7) is 4.49. The lowest BCUT2D eigenvalue weighted by atomic mass is 9.81. The van der Waals surface area contributed by atoms with Crippen molar-refractivity contribution in [3.63, 3.8) is 0 Å². The van der Waals surface area contributed by atoms with E-state index >= 15 is 0 Å². The summed E-state index contributed by atoms with van der Waals surface area (Å²) in [6.07, 6.45) is 3.82. The number of carbonyl (C=O) groups excluding carboxylic acids is 2. The van der Waals surface area contributed by atoms with E-state index in [1.165, 1.54) is 4.90 Å². The maximum atomic E-state index is 13.3. The van der Waals surface area contributed by atoms with Gasteiger partial charge in [-0.15, -0.1) is 0 Å². The molecule has 2 aromatic carbocycles. The minimum atomic E-state index is -1.35. The van der Waals surface area contributed by atoms with Crippen LogP contribution in [0.3, 0.4) is 0 Å². The molecule has 2 aliphatic rings. The van der Waals surface area contributed by atoms with Crippen LogP contribution in [0.25, 0.3) is 22.3 Å². The topological polar surface area (TPSA) is 115 Å². The number of hydrogen-bond acceptors (Lipinski definition) is 6. The normalized spacial score (nSPS) is 18.6. The highest BCUT2D eigenvalue weighted by Crippen LogP contribution is 2.41. The number of carboxylic acid groups (broad SMARTS) is 1. The van der Waals surface area contributed by atoms with Crippen molar-refractivity contribution in [1.29, 1.82) is 0 Å². The fraction of sp³-hybridized carbons (Fsp3) is 0.344. The van der Waals surface area contributed by atoms with E-state index in [2.05, 4.69) is 11.5 Å². The van der Waals surface area contributed by atoms with Crippen molar-refractivity contribution in [2.75, 3.05) is 4.90 Å². The number of rotatable bonds is 7. The molecule has 2 amide bonds. The van der Waals surface area contributed by atoms with E-state index in [0.29, 0.717) is 29.0 Å². The van der Waals surface area contributed by atoms with Crippen molar-refractivity contribution in [2.45, 2.75) is 58.9 Å². The number of aryl methyl sites for hydroxylation is 2. The SMILES string of the molecule is CCCc1nc2cc(N3C(=O)[C@H]4CCCC[C@H]4C3=O)c(C)nc2n1Cc1ccc(-c2ccccc2OC(=O)O)cc1. The van der Waals surface area contributed by atoms with E-state index < -0.39 is 6.16 Å². The van der Waals surface area contributed by atoms with E-state index in [4.69, 9.17) is 19.8 Å². The highest BCUT2D eigenvalue weighted by molar-refractivity contribution is 6.22. The molecule has 1 saturated carbocycles. The maximum Gasteiger partial charge on any atom is 0.511 e. The molecule has 6 rings (SSSR count). The summed E-state index contributed by atoms with van der Waals surface area (Å²) in [6, 6.07) is 16.8. The molecule has 2 atom stereocenters. The summed E-state index contributed by atoms with van der Waals surface area (Å²) in [4.78, 5) is 48.8. The quantitative estimate of drug-likeness (QED) is 0.166. The van der Waals surface area contributed by atoms with Crippen LogP contribution >= 0.6 is 0 Å². The Hall–Kier alpha value is -4.53. The van der Waals surface area contributed by atoms with Crippen LogP contribution in [0.15, 0.2) is 54.6 Å². The van der Waals surface area contributed by atoms with Gasteiger partial charge >= 0.3 is 6.16 Å². The summed E-state index contributed by atoms with van der Waals surface area (Å²) >= 11 is 0. The number of fused-ring (bicyclic) bond motifs is 2. The number of imidazole rings is 1. The number of pyridine rings is 1. The summed E-state index contributed by atoms with van der Waals surface area (Å²) in [7, 11) is 0. The molecule has 1 saturated heterocycles. The standard InChI is InChI=1S/C32H32N4O5/c1-3-8-28-34-25-17-26(36-30(37)23-10-4-5-11-24(23)31(36)38)19(2)33-29(25)35(28)18-20-13-15-21(16-14-20)22-9-6-7-12-27(22)41-32(39)40/h6-7,9,12-17,23-24H,3-5,8,10-11,18H2,1-2H3,(H,39,40)/t23-,24+. The molecule has 9 heteroatoms. The van der Waals surface area contributed by atoms with Gasteiger partial charge in [0, 0.05) is 12.0 Å². The predicted octanol–water partition coefficient (Wildman–Crippen LogP) is 6.14. The van der Waals surface area contributed by atoms with Gasteiger partial charge in [-0.3, -0.25) is 9.59 Å². The third-order valence-electron chi connectivity index (χ3n) is 8.21. The first kappa shape index (κ1) is 26.7. The van der Waals surface area contributed by atoms with Gasteiger partial charge in [0.15, 0.2) is 5.65 Å². The zero-order chi connectivity index (χ0) is 28.7. The van der Waals surface area contributed by atoms with Gasteiger partial charge in [0.1, 0.15) is 17.1 Å². The van der Waals surface area contributed by atoms with Crippen molar-refractivity contribution in [3.8, 4) is 16.9 Å². The van der Waals surface area contributed by atoms with E-state index in [1.54, 1.807) is 12.1 Å². The van der Waals surface area contributed by atoms with E-state index in [0.717, 1.165) is 61.1 Å². The first-order valence-electron chi connectivity index (χ1n) is 14.2. The van der Waals surface area contributed by atoms with Gasteiger partial charge in [-0.25, -0.2) is 19.7 Å². The number of nitrogens with zero attached hydrogens (tertiary/aromatic N) is 4. The third-order valence-corrected chi connectivity index (χ3v) is 8.21. The van der Waals surface area contributed by atoms with Crippen LogP contribution in [0.5, 0.6) is 5.75 Å². The smallest absolute Gasteiger partial charge is 0.449 e. The van der Waals surface area contributed by atoms with Crippen LogP contribution < -0.4 is 9.64 Å². The zero-order valence-electron chi connectivity index (χ0n) is 23.2. The number of imide groups is 1. The Bertz CT molecular complexity index is 1630. The molecule has 0 bridgehead atoms. The lowest BCUT2D eigenvalue weighted by molar-refractivity contribution is -0.122. The molecule has 41 heavy (non-hydrogen) atoms. The number of carbonyl (C=O) groups is 3. The number of aromatic nitrogens is 3. The lowest BCUT2D eigenvalue weighted by Crippen LogP contribution is -2.31. The molecule has 9 nitrogen and oxygen atoms in total. The highest BCUT2D eigenvalue weighted by Gasteiger charge is 2.49. The van der Waals surface area contributed by atoms with Crippen molar-refractivity contribution in [3.05, 3.63) is 71.7 Å². The monoisotopic (exact) mass is 552 g/mol. The van der Waals surface area contributed by atoms with Crippen LogP contribution in [0.2, 0.25) is 0 Å². The molecule has 0 radical (unpaired) electrons. The minimum Gasteiger partial charge on any atom is -0.449 e. The Morgan fingerprint density at radius 3 is 2.34 bits per heavy atom. The van der Waals surface area contributed by atoms with Crippen LogP contribution in [0.1, 0.15) is 56.1 Å². The molecule has 1 aliphatic carbocycles. The number of anilines is 1. The second-order valence-corrected chi connectivity index (χ2v) is 10.9. The fourth-order valence-corrected chi connectivity index (χ4v) is 6.24. The summed E-state index contributed by atoms with van der Waals surface area (Å²) in [5, 5.41) is 9.08. The summed E-state index contributed by atoms with van der Waals surface area (Å²) < 4.78 is 7.05. The van der Waals surface area contributed by atoms with E-state index in [1.807, 2.05) is 49.4 Å². The minimum absolute atomic E-state index is 0.104. The Labute approximate surface area is 237 Å². The van der Waals surface area contributed by atoms with Gasteiger partial charge in [-0.2, -0.15) is 0 Å². The molecular weight excluding hydrogens is 520 g/mol. The highest BCUT2D eigenvalue weighted by atomic mass is 16.7. The van der Waals surface area contributed by atoms with Crippen molar-refractivity contribution in [2.24, 2.45) is 11.8 Å². The van der Waals surface area contributed by atoms with Crippen molar-refractivity contribution in [1.82, 2.24) is 14.5 Å². The predicted molar refractivity (Wildman–Crippen MR) is 154 cm³/mol. The van der Waals surface area contributed by atoms with Gasteiger partial charge in [0.2, 0.25) is 11.8 Å². The molecule has 0 spiro atoms. The molecule has 2 fully saturated rings. The lowest BCUT2D eigenvalue weighted by Gasteiger charge is -2.19. The van der Waals surface area contributed by atoms with Crippen LogP contribution in [-0.4, -0.2) is 37.6 Å². The number of para-hydroxylation sites is 1. The van der Waals surface area contributed by atoms with Crippen molar-refractivity contribution >= 4 is 34.8 Å². The molecule has 210 valence electrons. The van der Waals surface area contributed by atoms with Crippen molar-refractivity contribution < 1.29 is 24.2 Å². The van der Waals surface area contributed by atoms with Crippen LogP contribution in [-0.2, 0) is 22.6 Å². The van der Waals surface area contributed by atoms with Gasteiger partial charge in [0.25, 0.3) is 0 Å². The molecule has 4 aromatic rings. The number of ether oxygens (including phenoxy) is 1. The number of hydrogen-bond donors (Lipinski definition) is 1. The Kier molecular flexibility index (Phi) is 7.03. The Morgan fingerprint density at radius 2 is 1.68 bits per heavy atom. The molecule has 2 aromatic heterocycles. The second-order valence-electron chi connectivity index (χ2n) is 10.9. The number of amides is 2. The van der Waals surface area contributed by atoms with Crippen LogP contribution in [0.4, 0.5) is 10.5 Å². The fourth-order valence-electron chi connectivity index (χ4n) is 6.24.